The van der Waals surface area contributed by atoms with Gasteiger partial charge >= 0.3 is 0 Å². The molecular weight excluding hydrogens is 324 g/mol. The zero-order valence-electron chi connectivity index (χ0n) is 13.2. The van der Waals surface area contributed by atoms with E-state index in [0.29, 0.717) is 16.3 Å². The number of hydrogen-bond acceptors (Lipinski definition) is 4. The Labute approximate surface area is 142 Å². The van der Waals surface area contributed by atoms with Crippen LogP contribution in [0.5, 0.6) is 0 Å². The number of nitrogens with one attached hydrogen (secondary N) is 1. The molecule has 0 radical (unpaired) electrons. The Morgan fingerprint density at radius 1 is 1.25 bits per heavy atom. The van der Waals surface area contributed by atoms with Gasteiger partial charge in [0.05, 0.1) is 16.1 Å². The van der Waals surface area contributed by atoms with Crippen LogP contribution in [-0.2, 0) is 7.05 Å². The molecule has 0 aliphatic heterocycles. The van der Waals surface area contributed by atoms with E-state index in [1.165, 1.54) is 17.4 Å². The maximum atomic E-state index is 12.3. The Morgan fingerprint density at radius 3 is 2.67 bits per heavy atom. The minimum atomic E-state index is -0.548. The fourth-order valence-electron chi connectivity index (χ4n) is 2.34. The molecule has 0 bridgehead atoms. The standard InChI is InChI=1S/C17H16N4O2S/c1-10-5-3-4-6-12(10)13-8-15(21(2)20-13)19-17(23)14-7-11(9-24-14)16(18)22/h3-9H,1-2H3,(H2,18,22)(H,19,23). The van der Waals surface area contributed by atoms with Gasteiger partial charge in [-0.25, -0.2) is 0 Å². The third-order valence-corrected chi connectivity index (χ3v) is 4.58. The lowest BCUT2D eigenvalue weighted by molar-refractivity contribution is 0.100. The van der Waals surface area contributed by atoms with Gasteiger partial charge in [-0.3, -0.25) is 14.3 Å². The number of nitrogens with two attached hydrogens (primary N) is 1. The highest BCUT2D eigenvalue weighted by Gasteiger charge is 2.15. The number of carbonyl (C=O) groups is 2. The summed E-state index contributed by atoms with van der Waals surface area (Å²) in [5, 5.41) is 8.83. The summed E-state index contributed by atoms with van der Waals surface area (Å²) < 4.78 is 1.61. The number of nitrogens with zero attached hydrogens (tertiary/aromatic N) is 2. The maximum absolute atomic E-state index is 12.3. The predicted molar refractivity (Wildman–Crippen MR) is 94.2 cm³/mol. The van der Waals surface area contributed by atoms with Crippen molar-refractivity contribution >= 4 is 29.0 Å². The van der Waals surface area contributed by atoms with Gasteiger partial charge in [0.2, 0.25) is 5.91 Å². The van der Waals surface area contributed by atoms with Crippen LogP contribution in [0.3, 0.4) is 0 Å². The van der Waals surface area contributed by atoms with Gasteiger partial charge in [-0.05, 0) is 18.6 Å². The summed E-state index contributed by atoms with van der Waals surface area (Å²) >= 11 is 1.17. The molecule has 3 rings (SSSR count). The summed E-state index contributed by atoms with van der Waals surface area (Å²) in [7, 11) is 1.76. The molecule has 6 nitrogen and oxygen atoms in total. The Hall–Kier alpha value is -2.93. The van der Waals surface area contributed by atoms with Crippen molar-refractivity contribution in [1.29, 1.82) is 0 Å². The van der Waals surface area contributed by atoms with Crippen molar-refractivity contribution in [3.8, 4) is 11.3 Å². The molecule has 24 heavy (non-hydrogen) atoms. The van der Waals surface area contributed by atoms with Gasteiger partial charge < -0.3 is 11.1 Å². The van der Waals surface area contributed by atoms with Gasteiger partial charge in [0.15, 0.2) is 0 Å². The molecule has 7 heteroatoms. The van der Waals surface area contributed by atoms with Crippen molar-refractivity contribution in [3.05, 3.63) is 57.8 Å². The lowest BCUT2D eigenvalue weighted by atomic mass is 10.1. The van der Waals surface area contributed by atoms with E-state index in [9.17, 15) is 9.59 Å². The van der Waals surface area contributed by atoms with Crippen LogP contribution in [0.1, 0.15) is 25.6 Å². The molecule has 2 heterocycles. The number of benzene rings is 1. The van der Waals surface area contributed by atoms with E-state index >= 15 is 0 Å². The molecule has 0 aliphatic carbocycles. The van der Waals surface area contributed by atoms with Crippen LogP contribution >= 0.6 is 11.3 Å². The molecular formula is C17H16N4O2S. The molecule has 1 aromatic carbocycles. The summed E-state index contributed by atoms with van der Waals surface area (Å²) in [4.78, 5) is 23.9. The Balaban J connectivity index is 1.84. The van der Waals surface area contributed by atoms with E-state index in [0.717, 1.165) is 16.8 Å². The second-order valence-electron chi connectivity index (χ2n) is 5.37. The van der Waals surface area contributed by atoms with Gasteiger partial charge in [0.1, 0.15) is 5.82 Å². The normalized spacial score (nSPS) is 10.6. The van der Waals surface area contributed by atoms with Crippen molar-refractivity contribution in [3.63, 3.8) is 0 Å². The van der Waals surface area contributed by atoms with E-state index in [2.05, 4.69) is 10.4 Å². The van der Waals surface area contributed by atoms with Gasteiger partial charge in [-0.15, -0.1) is 11.3 Å². The molecule has 0 unspecified atom stereocenters. The maximum Gasteiger partial charge on any atom is 0.266 e. The molecule has 0 spiro atoms. The first-order valence-corrected chi connectivity index (χ1v) is 8.13. The predicted octanol–water partition coefficient (Wildman–Crippen LogP) is 2.81. The summed E-state index contributed by atoms with van der Waals surface area (Å²) in [6.45, 7) is 2.01. The number of hydrogen-bond donors (Lipinski definition) is 2. The largest absolute Gasteiger partial charge is 0.366 e. The van der Waals surface area contributed by atoms with E-state index in [4.69, 9.17) is 5.73 Å². The lowest BCUT2D eigenvalue weighted by Gasteiger charge is -2.02. The molecule has 2 amide bonds. The summed E-state index contributed by atoms with van der Waals surface area (Å²) in [6, 6.07) is 11.2. The molecule has 122 valence electrons. The molecule has 0 atom stereocenters. The number of aryl methyl sites for hydroxylation is 2. The molecule has 3 N–H and O–H groups in total. The first-order valence-electron chi connectivity index (χ1n) is 7.25. The monoisotopic (exact) mass is 340 g/mol. The Bertz CT molecular complexity index is 926. The van der Waals surface area contributed by atoms with Crippen LogP contribution in [0, 0.1) is 6.92 Å². The third kappa shape index (κ3) is 3.07. The minimum absolute atomic E-state index is 0.299. The lowest BCUT2D eigenvalue weighted by Crippen LogP contribution is -2.14. The molecule has 0 saturated heterocycles. The van der Waals surface area contributed by atoms with Crippen molar-refractivity contribution in [2.24, 2.45) is 12.8 Å². The third-order valence-electron chi connectivity index (χ3n) is 3.65. The first kappa shape index (κ1) is 15.9. The number of rotatable bonds is 4. The number of anilines is 1. The number of thiophene rings is 1. The Kier molecular flexibility index (Phi) is 4.18. The van der Waals surface area contributed by atoms with Crippen molar-refractivity contribution in [1.82, 2.24) is 9.78 Å². The average Bonchev–Trinajstić information content (AvgIpc) is 3.16. The highest BCUT2D eigenvalue weighted by Crippen LogP contribution is 2.25. The fourth-order valence-corrected chi connectivity index (χ4v) is 3.13. The molecule has 0 saturated carbocycles. The van der Waals surface area contributed by atoms with Gasteiger partial charge in [-0.2, -0.15) is 5.10 Å². The van der Waals surface area contributed by atoms with Crippen LogP contribution in [-0.4, -0.2) is 21.6 Å². The van der Waals surface area contributed by atoms with Crippen LogP contribution in [0.4, 0.5) is 5.82 Å². The van der Waals surface area contributed by atoms with Crippen molar-refractivity contribution < 1.29 is 9.59 Å². The van der Waals surface area contributed by atoms with Crippen LogP contribution in [0.25, 0.3) is 11.3 Å². The quantitative estimate of drug-likeness (QED) is 0.765. The first-order chi connectivity index (χ1) is 11.5. The number of amides is 2. The summed E-state index contributed by atoms with van der Waals surface area (Å²) in [6.07, 6.45) is 0. The van der Waals surface area contributed by atoms with Crippen LogP contribution < -0.4 is 11.1 Å². The van der Waals surface area contributed by atoms with Crippen LogP contribution in [0.15, 0.2) is 41.8 Å². The fraction of sp³-hybridized carbons (Fsp3) is 0.118. The summed E-state index contributed by atoms with van der Waals surface area (Å²) in [5.41, 5.74) is 8.45. The zero-order chi connectivity index (χ0) is 17.3. The van der Waals surface area contributed by atoms with Crippen molar-refractivity contribution in [2.75, 3.05) is 5.32 Å². The average molecular weight is 340 g/mol. The molecule has 3 aromatic rings. The summed E-state index contributed by atoms with van der Waals surface area (Å²) in [5.74, 6) is -0.271. The number of aromatic nitrogens is 2. The SMILES string of the molecule is Cc1ccccc1-c1cc(NC(=O)c2cc(C(N)=O)cs2)n(C)n1. The second kappa shape index (κ2) is 6.29. The van der Waals surface area contributed by atoms with Gasteiger partial charge in [0.25, 0.3) is 5.91 Å². The van der Waals surface area contributed by atoms with Gasteiger partial charge in [-0.1, -0.05) is 24.3 Å². The van der Waals surface area contributed by atoms with Crippen molar-refractivity contribution in [2.45, 2.75) is 6.92 Å². The number of primary amides is 1. The van der Waals surface area contributed by atoms with E-state index in [-0.39, 0.29) is 5.91 Å². The highest BCUT2D eigenvalue weighted by atomic mass is 32.1. The second-order valence-corrected chi connectivity index (χ2v) is 6.28. The van der Waals surface area contributed by atoms with E-state index in [1.54, 1.807) is 17.1 Å². The van der Waals surface area contributed by atoms with E-state index < -0.39 is 5.91 Å². The van der Waals surface area contributed by atoms with E-state index in [1.807, 2.05) is 37.3 Å². The molecule has 2 aromatic heterocycles. The smallest absolute Gasteiger partial charge is 0.266 e. The zero-order valence-corrected chi connectivity index (χ0v) is 14.1. The van der Waals surface area contributed by atoms with Gasteiger partial charge in [0, 0.05) is 24.1 Å². The Morgan fingerprint density at radius 2 is 2.00 bits per heavy atom. The molecule has 0 fully saturated rings. The number of carbonyl (C=O) groups excluding carboxylic acids is 2. The highest BCUT2D eigenvalue weighted by molar-refractivity contribution is 7.12. The molecule has 0 aliphatic rings. The minimum Gasteiger partial charge on any atom is -0.366 e. The topological polar surface area (TPSA) is 90.0 Å². The van der Waals surface area contributed by atoms with Crippen LogP contribution in [0.2, 0.25) is 0 Å².